The van der Waals surface area contributed by atoms with Crippen LogP contribution in [-0.4, -0.2) is 50.7 Å². The topological polar surface area (TPSA) is 92.5 Å². The highest BCUT2D eigenvalue weighted by atomic mass is 35.5. The summed E-state index contributed by atoms with van der Waals surface area (Å²) in [6.07, 6.45) is 1.54. The third-order valence-electron chi connectivity index (χ3n) is 3.32. The molecule has 23 heavy (non-hydrogen) atoms. The standard InChI is InChI=1S/C12H17F2N3O3S2.ClH/c13-12(14,7-15)8-16-11(18)10-9(3-6-21-10)22(19,20)17-4-1-2-5-17;/h3,6H,1-2,4-5,7-8,15H2,(H,16,18);1H. The smallest absolute Gasteiger partial charge is 0.277 e. The van der Waals surface area contributed by atoms with Crippen molar-refractivity contribution in [2.45, 2.75) is 23.7 Å². The van der Waals surface area contributed by atoms with E-state index in [-0.39, 0.29) is 22.2 Å². The van der Waals surface area contributed by atoms with Gasteiger partial charge < -0.3 is 11.1 Å². The number of nitrogens with one attached hydrogen (secondary N) is 1. The van der Waals surface area contributed by atoms with Crippen molar-refractivity contribution in [3.63, 3.8) is 0 Å². The van der Waals surface area contributed by atoms with Gasteiger partial charge in [-0.05, 0) is 24.3 Å². The van der Waals surface area contributed by atoms with E-state index in [1.165, 1.54) is 15.8 Å². The van der Waals surface area contributed by atoms with Crippen LogP contribution in [0.2, 0.25) is 0 Å². The van der Waals surface area contributed by atoms with Gasteiger partial charge in [-0.2, -0.15) is 4.31 Å². The normalized spacial score (nSPS) is 16.1. The molecule has 1 aliphatic rings. The number of amides is 1. The number of nitrogens with two attached hydrogens (primary N) is 1. The first-order chi connectivity index (χ1) is 10.3. The largest absolute Gasteiger partial charge is 0.345 e. The van der Waals surface area contributed by atoms with Gasteiger partial charge in [0.05, 0.1) is 13.1 Å². The van der Waals surface area contributed by atoms with Crippen molar-refractivity contribution in [1.29, 1.82) is 0 Å². The van der Waals surface area contributed by atoms with Gasteiger partial charge in [-0.1, -0.05) is 0 Å². The SMILES string of the molecule is Cl.NCC(F)(F)CNC(=O)c1sccc1S(=O)(=O)N1CCCC1. The highest BCUT2D eigenvalue weighted by Gasteiger charge is 2.33. The Labute approximate surface area is 143 Å². The van der Waals surface area contributed by atoms with E-state index in [0.717, 1.165) is 24.2 Å². The Morgan fingerprint density at radius 3 is 2.57 bits per heavy atom. The van der Waals surface area contributed by atoms with Crippen LogP contribution in [0.4, 0.5) is 8.78 Å². The number of nitrogens with zero attached hydrogens (tertiary/aromatic N) is 1. The maximum Gasteiger partial charge on any atom is 0.277 e. The Hall–Kier alpha value is -0.810. The number of thiophene rings is 1. The molecular weight excluding hydrogens is 372 g/mol. The van der Waals surface area contributed by atoms with E-state index in [0.29, 0.717) is 13.1 Å². The summed E-state index contributed by atoms with van der Waals surface area (Å²) >= 11 is 0.907. The molecule has 6 nitrogen and oxygen atoms in total. The minimum atomic E-state index is -3.76. The van der Waals surface area contributed by atoms with Crippen LogP contribution in [0.25, 0.3) is 0 Å². The lowest BCUT2D eigenvalue weighted by atomic mass is 10.3. The molecule has 1 aliphatic heterocycles. The second-order valence-corrected chi connectivity index (χ2v) is 7.79. The lowest BCUT2D eigenvalue weighted by Gasteiger charge is -2.17. The minimum absolute atomic E-state index is 0. The Kier molecular flexibility index (Phi) is 6.90. The summed E-state index contributed by atoms with van der Waals surface area (Å²) < 4.78 is 52.4. The second-order valence-electron chi connectivity index (χ2n) is 4.97. The highest BCUT2D eigenvalue weighted by molar-refractivity contribution is 7.89. The average Bonchev–Trinajstić information content (AvgIpc) is 3.15. The molecule has 2 heterocycles. The van der Waals surface area contributed by atoms with Crippen LogP contribution in [0.1, 0.15) is 22.5 Å². The van der Waals surface area contributed by atoms with Crippen LogP contribution in [0.5, 0.6) is 0 Å². The van der Waals surface area contributed by atoms with Gasteiger partial charge >= 0.3 is 0 Å². The predicted octanol–water partition coefficient (Wildman–Crippen LogP) is 1.28. The number of hydrogen-bond donors (Lipinski definition) is 2. The van der Waals surface area contributed by atoms with E-state index in [4.69, 9.17) is 5.73 Å². The van der Waals surface area contributed by atoms with Gasteiger partial charge in [-0.15, -0.1) is 23.7 Å². The lowest BCUT2D eigenvalue weighted by molar-refractivity contribution is 0.0119. The van der Waals surface area contributed by atoms with E-state index < -0.39 is 34.9 Å². The first kappa shape index (κ1) is 20.2. The van der Waals surface area contributed by atoms with Crippen LogP contribution in [-0.2, 0) is 10.0 Å². The lowest BCUT2D eigenvalue weighted by Crippen LogP contribution is -2.41. The Morgan fingerprint density at radius 2 is 2.00 bits per heavy atom. The summed E-state index contributed by atoms with van der Waals surface area (Å²) in [4.78, 5) is 11.8. The van der Waals surface area contributed by atoms with Crippen LogP contribution >= 0.6 is 23.7 Å². The molecule has 11 heteroatoms. The maximum absolute atomic E-state index is 13.1. The fourth-order valence-corrected chi connectivity index (χ4v) is 4.93. The monoisotopic (exact) mass is 389 g/mol. The van der Waals surface area contributed by atoms with E-state index >= 15 is 0 Å². The van der Waals surface area contributed by atoms with E-state index in [1.807, 2.05) is 5.32 Å². The van der Waals surface area contributed by atoms with Crippen LogP contribution in [0.15, 0.2) is 16.3 Å². The molecule has 1 aromatic heterocycles. The summed E-state index contributed by atoms with van der Waals surface area (Å²) in [7, 11) is -3.76. The molecule has 0 aliphatic carbocycles. The van der Waals surface area contributed by atoms with Crippen molar-refractivity contribution < 1.29 is 22.0 Å². The molecule has 1 saturated heterocycles. The predicted molar refractivity (Wildman–Crippen MR) is 85.9 cm³/mol. The molecular formula is C12H18ClF2N3O3S2. The van der Waals surface area contributed by atoms with Crippen LogP contribution in [0, 0.1) is 0 Å². The van der Waals surface area contributed by atoms with Gasteiger partial charge in [0.15, 0.2) is 0 Å². The molecule has 1 amide bonds. The van der Waals surface area contributed by atoms with E-state index in [2.05, 4.69) is 0 Å². The third kappa shape index (κ3) is 4.60. The number of carbonyl (C=O) groups is 1. The summed E-state index contributed by atoms with van der Waals surface area (Å²) in [6.45, 7) is -1.00. The van der Waals surface area contributed by atoms with E-state index in [1.54, 1.807) is 0 Å². The quantitative estimate of drug-likeness (QED) is 0.766. The van der Waals surface area contributed by atoms with E-state index in [9.17, 15) is 22.0 Å². The number of sulfonamides is 1. The molecule has 0 spiro atoms. The van der Waals surface area contributed by atoms with Gasteiger partial charge in [0.2, 0.25) is 10.0 Å². The minimum Gasteiger partial charge on any atom is -0.345 e. The summed E-state index contributed by atoms with van der Waals surface area (Å²) in [6, 6.07) is 1.33. The number of halogens is 3. The Balaban J connectivity index is 0.00000264. The van der Waals surface area contributed by atoms with Crippen molar-refractivity contribution in [1.82, 2.24) is 9.62 Å². The van der Waals surface area contributed by atoms with Crippen molar-refractivity contribution in [2.24, 2.45) is 5.73 Å². The first-order valence-electron chi connectivity index (χ1n) is 6.72. The van der Waals surface area contributed by atoms with Crippen LogP contribution in [0.3, 0.4) is 0 Å². The Bertz CT molecular complexity index is 646. The molecule has 3 N–H and O–H groups in total. The van der Waals surface area contributed by atoms with Crippen molar-refractivity contribution >= 4 is 39.7 Å². The molecule has 132 valence electrons. The van der Waals surface area contributed by atoms with Gasteiger partial charge in [-0.25, -0.2) is 17.2 Å². The third-order valence-corrected chi connectivity index (χ3v) is 6.31. The summed E-state index contributed by atoms with van der Waals surface area (Å²) in [5.41, 5.74) is 4.89. The van der Waals surface area contributed by atoms with Crippen molar-refractivity contribution in [2.75, 3.05) is 26.2 Å². The maximum atomic E-state index is 13.1. The number of hydrogen-bond acceptors (Lipinski definition) is 5. The second kappa shape index (κ2) is 7.84. The molecule has 1 aromatic rings. The molecule has 0 unspecified atom stereocenters. The molecule has 0 bridgehead atoms. The summed E-state index contributed by atoms with van der Waals surface area (Å²) in [5.74, 6) is -4.05. The first-order valence-corrected chi connectivity index (χ1v) is 9.04. The zero-order valence-electron chi connectivity index (χ0n) is 12.1. The zero-order chi connectivity index (χ0) is 16.4. The molecule has 0 aromatic carbocycles. The van der Waals surface area contributed by atoms with Crippen molar-refractivity contribution in [3.8, 4) is 0 Å². The Morgan fingerprint density at radius 1 is 1.39 bits per heavy atom. The fourth-order valence-electron chi connectivity index (χ4n) is 2.10. The van der Waals surface area contributed by atoms with Gasteiger partial charge in [-0.3, -0.25) is 4.79 Å². The van der Waals surface area contributed by atoms with Gasteiger partial charge in [0.1, 0.15) is 9.77 Å². The molecule has 0 radical (unpaired) electrons. The zero-order valence-corrected chi connectivity index (χ0v) is 14.6. The molecule has 1 fully saturated rings. The molecule has 0 saturated carbocycles. The number of rotatable bonds is 6. The fraction of sp³-hybridized carbons (Fsp3) is 0.583. The number of alkyl halides is 2. The van der Waals surface area contributed by atoms with Crippen molar-refractivity contribution in [3.05, 3.63) is 16.3 Å². The van der Waals surface area contributed by atoms with Gasteiger partial charge in [0.25, 0.3) is 11.8 Å². The molecule has 2 rings (SSSR count). The number of carbonyl (C=O) groups excluding carboxylic acids is 1. The molecule has 0 atom stereocenters. The average molecular weight is 390 g/mol. The summed E-state index contributed by atoms with van der Waals surface area (Å²) in [5, 5.41) is 3.50. The van der Waals surface area contributed by atoms with Crippen LogP contribution < -0.4 is 11.1 Å². The highest BCUT2D eigenvalue weighted by Crippen LogP contribution is 2.27. The van der Waals surface area contributed by atoms with Gasteiger partial charge in [0, 0.05) is 13.1 Å².